The normalized spacial score (nSPS) is 11.4. The Morgan fingerprint density at radius 2 is 1.95 bits per heavy atom. The third-order valence-corrected chi connectivity index (χ3v) is 5.44. The predicted molar refractivity (Wildman–Crippen MR) is 137 cm³/mol. The third kappa shape index (κ3) is 6.52. The molecule has 0 saturated carbocycles. The molecule has 198 valence electrons. The first-order chi connectivity index (χ1) is 18.0. The Bertz CT molecular complexity index is 1500. The highest BCUT2D eigenvalue weighted by molar-refractivity contribution is 6.04. The van der Waals surface area contributed by atoms with Crippen molar-refractivity contribution in [2.45, 2.75) is 52.7 Å². The van der Waals surface area contributed by atoms with Crippen molar-refractivity contribution < 1.29 is 28.8 Å². The van der Waals surface area contributed by atoms with E-state index < -0.39 is 11.7 Å². The van der Waals surface area contributed by atoms with Crippen LogP contribution in [0.2, 0.25) is 0 Å². The summed E-state index contributed by atoms with van der Waals surface area (Å²) in [4.78, 5) is 44.5. The van der Waals surface area contributed by atoms with Crippen LogP contribution >= 0.6 is 0 Å². The van der Waals surface area contributed by atoms with Crippen LogP contribution in [0.25, 0.3) is 17.0 Å². The summed E-state index contributed by atoms with van der Waals surface area (Å²) in [7, 11) is 0. The number of carboxylic acid groups (broad SMARTS) is 1. The van der Waals surface area contributed by atoms with E-state index in [1.54, 1.807) is 34.9 Å². The van der Waals surface area contributed by atoms with Crippen LogP contribution in [0.15, 0.2) is 47.2 Å². The van der Waals surface area contributed by atoms with Crippen LogP contribution in [-0.2, 0) is 22.5 Å². The van der Waals surface area contributed by atoms with E-state index in [1.807, 2.05) is 33.8 Å². The lowest BCUT2D eigenvalue weighted by Gasteiger charge is -2.19. The van der Waals surface area contributed by atoms with Gasteiger partial charge in [-0.2, -0.15) is 4.98 Å². The summed E-state index contributed by atoms with van der Waals surface area (Å²) < 4.78 is 12.1. The number of ether oxygens (including phenoxy) is 1. The van der Waals surface area contributed by atoms with Gasteiger partial charge in [0.15, 0.2) is 0 Å². The van der Waals surface area contributed by atoms with Crippen LogP contribution in [0.4, 0.5) is 10.5 Å². The Balaban J connectivity index is 1.50. The van der Waals surface area contributed by atoms with Crippen molar-refractivity contribution in [3.63, 3.8) is 0 Å². The Hall–Kier alpha value is -4.74. The highest BCUT2D eigenvalue weighted by atomic mass is 16.6. The molecule has 4 rings (SSSR count). The van der Waals surface area contributed by atoms with Gasteiger partial charge in [-0.3, -0.25) is 14.0 Å². The Kier molecular flexibility index (Phi) is 7.42. The molecule has 0 aliphatic rings. The molecule has 2 amide bonds. The summed E-state index contributed by atoms with van der Waals surface area (Å²) >= 11 is 0. The zero-order valence-electron chi connectivity index (χ0n) is 21.4. The summed E-state index contributed by atoms with van der Waals surface area (Å²) in [6.45, 7) is 7.20. The average molecular weight is 521 g/mol. The van der Waals surface area contributed by atoms with Gasteiger partial charge in [-0.15, -0.1) is 0 Å². The number of nitrogens with one attached hydrogen (secondary N) is 2. The first-order valence-corrected chi connectivity index (χ1v) is 11.9. The van der Waals surface area contributed by atoms with Crippen molar-refractivity contribution in [3.05, 3.63) is 65.4 Å². The van der Waals surface area contributed by atoms with Gasteiger partial charge < -0.3 is 25.0 Å². The lowest BCUT2D eigenvalue weighted by molar-refractivity contribution is -0.154. The van der Waals surface area contributed by atoms with Crippen molar-refractivity contribution in [3.8, 4) is 11.4 Å². The monoisotopic (exact) mass is 520 g/mol. The van der Waals surface area contributed by atoms with Crippen LogP contribution in [-0.4, -0.2) is 48.2 Å². The SMILES string of the molecule is Cc1ccc(-c2noc(CNC(=O)O)n2)cc1NC(=O)c1cnc2ccc(CCC(=O)OC(C)(C)C)cn12. The molecule has 0 unspecified atom stereocenters. The van der Waals surface area contributed by atoms with Crippen LogP contribution in [0, 0.1) is 6.92 Å². The van der Waals surface area contributed by atoms with Gasteiger partial charge in [0.2, 0.25) is 11.7 Å². The molecular weight excluding hydrogens is 492 g/mol. The molecular formula is C26H28N6O6. The van der Waals surface area contributed by atoms with Crippen LogP contribution in [0.5, 0.6) is 0 Å². The minimum absolute atomic E-state index is 0.113. The molecule has 38 heavy (non-hydrogen) atoms. The van der Waals surface area contributed by atoms with Gasteiger partial charge in [-0.25, -0.2) is 9.78 Å². The number of imidazole rings is 1. The van der Waals surface area contributed by atoms with Crippen molar-refractivity contribution in [1.29, 1.82) is 0 Å². The second-order valence-electron chi connectivity index (χ2n) is 9.65. The first-order valence-electron chi connectivity index (χ1n) is 11.9. The number of aromatic nitrogens is 4. The topological polar surface area (TPSA) is 161 Å². The Morgan fingerprint density at radius 1 is 1.16 bits per heavy atom. The fraction of sp³-hybridized carbons (Fsp3) is 0.308. The number of anilines is 1. The number of esters is 1. The molecule has 0 atom stereocenters. The molecule has 0 spiro atoms. The molecule has 12 heteroatoms. The fourth-order valence-corrected chi connectivity index (χ4v) is 3.66. The maximum atomic E-state index is 13.2. The van der Waals surface area contributed by atoms with Crippen LogP contribution in [0.3, 0.4) is 0 Å². The molecule has 4 aromatic rings. The van der Waals surface area contributed by atoms with Crippen molar-refractivity contribution in [1.82, 2.24) is 24.8 Å². The molecule has 0 bridgehead atoms. The molecule has 3 aromatic heterocycles. The number of benzene rings is 1. The fourth-order valence-electron chi connectivity index (χ4n) is 3.66. The van der Waals surface area contributed by atoms with E-state index in [-0.39, 0.29) is 36.6 Å². The van der Waals surface area contributed by atoms with Gasteiger partial charge >= 0.3 is 12.1 Å². The standard InChI is InChI=1S/C26H28N6O6/c1-15-5-8-17(23-30-21(38-31-23)13-28-25(35)36)11-18(15)29-24(34)19-12-27-20-9-6-16(14-32(19)20)7-10-22(33)37-26(2,3)4/h5-6,8-9,11-12,14,28H,7,10,13H2,1-4H3,(H,29,34)(H,35,36). The second kappa shape index (κ2) is 10.7. The Morgan fingerprint density at radius 3 is 2.68 bits per heavy atom. The molecule has 3 N–H and O–H groups in total. The molecule has 0 saturated heterocycles. The summed E-state index contributed by atoms with van der Waals surface area (Å²) in [6.07, 6.45) is 2.75. The zero-order chi connectivity index (χ0) is 27.4. The number of hydrogen-bond donors (Lipinski definition) is 3. The maximum absolute atomic E-state index is 13.2. The summed E-state index contributed by atoms with van der Waals surface area (Å²) in [5.41, 5.74) is 3.17. The van der Waals surface area contributed by atoms with Gasteiger partial charge in [0.1, 0.15) is 23.5 Å². The number of rotatable bonds is 8. The minimum atomic E-state index is -1.20. The molecule has 0 aliphatic heterocycles. The van der Waals surface area contributed by atoms with E-state index in [0.717, 1.165) is 11.1 Å². The van der Waals surface area contributed by atoms with Gasteiger partial charge in [0.05, 0.1) is 6.20 Å². The van der Waals surface area contributed by atoms with Gasteiger partial charge in [-0.05, 0) is 57.4 Å². The second-order valence-corrected chi connectivity index (χ2v) is 9.65. The number of aryl methyl sites for hydroxylation is 2. The van der Waals surface area contributed by atoms with Gasteiger partial charge in [0, 0.05) is 23.9 Å². The highest BCUT2D eigenvalue weighted by Gasteiger charge is 2.18. The summed E-state index contributed by atoms with van der Waals surface area (Å²) in [5, 5.41) is 17.7. The number of pyridine rings is 1. The molecule has 0 aliphatic carbocycles. The summed E-state index contributed by atoms with van der Waals surface area (Å²) in [6, 6.07) is 8.95. The first kappa shape index (κ1) is 26.3. The molecule has 12 nitrogen and oxygen atoms in total. The minimum Gasteiger partial charge on any atom is -0.465 e. The number of nitrogens with zero attached hydrogens (tertiary/aromatic N) is 4. The molecule has 0 radical (unpaired) electrons. The van der Waals surface area contributed by atoms with Crippen LogP contribution in [0.1, 0.15) is 54.7 Å². The quantitative estimate of drug-likeness (QED) is 0.292. The van der Waals surface area contributed by atoms with Crippen molar-refractivity contribution in [2.75, 3.05) is 5.32 Å². The maximum Gasteiger partial charge on any atom is 0.405 e. The average Bonchev–Trinajstić information content (AvgIpc) is 3.49. The number of fused-ring (bicyclic) bond motifs is 1. The van der Waals surface area contributed by atoms with E-state index in [4.69, 9.17) is 14.4 Å². The molecule has 0 fully saturated rings. The molecule has 1 aromatic carbocycles. The Labute approximate surface area is 218 Å². The van der Waals surface area contributed by atoms with E-state index in [9.17, 15) is 14.4 Å². The smallest absolute Gasteiger partial charge is 0.405 e. The molecule has 3 heterocycles. The van der Waals surface area contributed by atoms with Crippen molar-refractivity contribution in [2.24, 2.45) is 0 Å². The highest BCUT2D eigenvalue weighted by Crippen LogP contribution is 2.24. The summed E-state index contributed by atoms with van der Waals surface area (Å²) in [5.74, 6) is -0.293. The van der Waals surface area contributed by atoms with E-state index in [1.165, 1.54) is 6.20 Å². The number of carbonyl (C=O) groups is 3. The lowest BCUT2D eigenvalue weighted by atomic mass is 10.1. The van der Waals surface area contributed by atoms with E-state index in [0.29, 0.717) is 29.0 Å². The zero-order valence-corrected chi connectivity index (χ0v) is 21.4. The van der Waals surface area contributed by atoms with Gasteiger partial charge in [0.25, 0.3) is 5.91 Å². The number of hydrogen-bond acceptors (Lipinski definition) is 8. The van der Waals surface area contributed by atoms with E-state index >= 15 is 0 Å². The van der Waals surface area contributed by atoms with Gasteiger partial charge in [-0.1, -0.05) is 23.4 Å². The number of carbonyl (C=O) groups excluding carboxylic acids is 2. The van der Waals surface area contributed by atoms with E-state index in [2.05, 4.69) is 25.8 Å². The largest absolute Gasteiger partial charge is 0.465 e. The van der Waals surface area contributed by atoms with Crippen LogP contribution < -0.4 is 10.6 Å². The number of amides is 2. The predicted octanol–water partition coefficient (Wildman–Crippen LogP) is 3.99. The van der Waals surface area contributed by atoms with Crippen molar-refractivity contribution >= 4 is 29.3 Å². The lowest BCUT2D eigenvalue weighted by Crippen LogP contribution is -2.24. The third-order valence-electron chi connectivity index (χ3n) is 5.44.